The first kappa shape index (κ1) is 18.1. The van der Waals surface area contributed by atoms with Crippen molar-refractivity contribution in [3.05, 3.63) is 41.8 Å². The summed E-state index contributed by atoms with van der Waals surface area (Å²) in [5, 5.41) is 3.95. The van der Waals surface area contributed by atoms with Gasteiger partial charge in [0.25, 0.3) is 11.8 Å². The van der Waals surface area contributed by atoms with Gasteiger partial charge in [0.1, 0.15) is 6.04 Å². The monoisotopic (exact) mass is 371 g/mol. The molecule has 144 valence electrons. The van der Waals surface area contributed by atoms with Gasteiger partial charge in [-0.1, -0.05) is 5.16 Å². The Hall–Kier alpha value is -2.32. The zero-order valence-corrected chi connectivity index (χ0v) is 15.6. The summed E-state index contributed by atoms with van der Waals surface area (Å²) in [6.07, 6.45) is 6.23. The summed E-state index contributed by atoms with van der Waals surface area (Å²) in [7, 11) is 0. The van der Waals surface area contributed by atoms with Gasteiger partial charge >= 0.3 is 0 Å². The van der Waals surface area contributed by atoms with E-state index >= 15 is 0 Å². The summed E-state index contributed by atoms with van der Waals surface area (Å²) < 4.78 is 11.0. The second-order valence-electron chi connectivity index (χ2n) is 7.13. The van der Waals surface area contributed by atoms with Crippen LogP contribution in [-0.2, 0) is 4.74 Å². The number of hydrogen-bond donors (Lipinski definition) is 0. The van der Waals surface area contributed by atoms with Crippen LogP contribution < -0.4 is 0 Å². The van der Waals surface area contributed by atoms with Crippen LogP contribution in [0.3, 0.4) is 0 Å². The number of hydrogen-bond acceptors (Lipinski definition) is 7. The van der Waals surface area contributed by atoms with Crippen molar-refractivity contribution in [2.75, 3.05) is 32.8 Å². The minimum Gasteiger partial charge on any atom is -0.381 e. The third-order valence-electron chi connectivity index (χ3n) is 5.33. The minimum atomic E-state index is -0.260. The average molecular weight is 371 g/mol. The lowest BCUT2D eigenvalue weighted by Crippen LogP contribution is -2.44. The number of aryl methyl sites for hydroxylation is 1. The Balaban J connectivity index is 1.62. The molecule has 0 bridgehead atoms. The first-order valence-corrected chi connectivity index (χ1v) is 9.55. The molecule has 2 aromatic rings. The van der Waals surface area contributed by atoms with Gasteiger partial charge in [-0.05, 0) is 38.3 Å². The molecule has 0 aliphatic carbocycles. The Bertz CT molecular complexity index is 760. The summed E-state index contributed by atoms with van der Waals surface area (Å²) in [6, 6.07) is 3.79. The van der Waals surface area contributed by atoms with Crippen LogP contribution in [0.15, 0.2) is 29.0 Å². The number of carbonyl (C=O) groups is 1. The molecule has 2 saturated heterocycles. The predicted octanol–water partition coefficient (Wildman–Crippen LogP) is 1.84. The zero-order chi connectivity index (χ0) is 18.6. The van der Waals surface area contributed by atoms with E-state index in [4.69, 9.17) is 9.26 Å². The van der Waals surface area contributed by atoms with Crippen LogP contribution in [0.25, 0.3) is 0 Å². The predicted molar refractivity (Wildman–Crippen MR) is 97.1 cm³/mol. The SMILES string of the molecule is Cc1noc(C2CN(C3CCOCC3)CCCN2C(=O)c2cccnc2)n1. The highest BCUT2D eigenvalue weighted by Crippen LogP contribution is 2.28. The van der Waals surface area contributed by atoms with Gasteiger partial charge in [-0.25, -0.2) is 0 Å². The van der Waals surface area contributed by atoms with Crippen LogP contribution >= 0.6 is 0 Å². The fraction of sp³-hybridized carbons (Fsp3) is 0.579. The minimum absolute atomic E-state index is 0.0437. The van der Waals surface area contributed by atoms with E-state index in [0.717, 1.165) is 39.0 Å². The molecule has 0 spiro atoms. The molecule has 0 aromatic carbocycles. The largest absolute Gasteiger partial charge is 0.381 e. The van der Waals surface area contributed by atoms with Gasteiger partial charge in [-0.2, -0.15) is 4.98 Å². The highest BCUT2D eigenvalue weighted by Gasteiger charge is 2.36. The number of nitrogens with zero attached hydrogens (tertiary/aromatic N) is 5. The van der Waals surface area contributed by atoms with Crippen LogP contribution in [0.2, 0.25) is 0 Å². The molecule has 2 fully saturated rings. The summed E-state index contributed by atoms with van der Waals surface area (Å²) in [4.78, 5) is 26.0. The van der Waals surface area contributed by atoms with Crippen molar-refractivity contribution >= 4 is 5.91 Å². The number of ether oxygens (including phenoxy) is 1. The van der Waals surface area contributed by atoms with Crippen LogP contribution in [0.4, 0.5) is 0 Å². The quantitative estimate of drug-likeness (QED) is 0.814. The van der Waals surface area contributed by atoms with E-state index in [1.165, 1.54) is 0 Å². The Morgan fingerprint density at radius 3 is 2.81 bits per heavy atom. The molecular weight excluding hydrogens is 346 g/mol. The van der Waals surface area contributed by atoms with Gasteiger partial charge in [-0.15, -0.1) is 0 Å². The number of carbonyl (C=O) groups excluding carboxylic acids is 1. The molecule has 1 atom stereocenters. The Kier molecular flexibility index (Phi) is 5.45. The molecule has 0 saturated carbocycles. The Morgan fingerprint density at radius 2 is 2.11 bits per heavy atom. The van der Waals surface area contributed by atoms with Crippen molar-refractivity contribution in [1.29, 1.82) is 0 Å². The van der Waals surface area contributed by atoms with Crippen molar-refractivity contribution in [1.82, 2.24) is 24.9 Å². The number of rotatable bonds is 3. The second-order valence-corrected chi connectivity index (χ2v) is 7.13. The van der Waals surface area contributed by atoms with Crippen LogP contribution in [-0.4, -0.2) is 69.7 Å². The molecule has 0 N–H and O–H groups in total. The topological polar surface area (TPSA) is 84.6 Å². The normalized spacial score (nSPS) is 22.6. The van der Waals surface area contributed by atoms with Gasteiger partial charge in [0.2, 0.25) is 0 Å². The van der Waals surface area contributed by atoms with Gasteiger partial charge in [0.05, 0.1) is 5.56 Å². The molecule has 0 radical (unpaired) electrons. The molecule has 1 amide bonds. The molecule has 4 heterocycles. The summed E-state index contributed by atoms with van der Waals surface area (Å²) in [5.41, 5.74) is 0.582. The van der Waals surface area contributed by atoms with Gasteiger partial charge in [0, 0.05) is 51.3 Å². The number of pyridine rings is 1. The van der Waals surface area contributed by atoms with E-state index in [1.807, 2.05) is 4.90 Å². The standard InChI is InChI=1S/C19H25N5O3/c1-14-21-18(27-22-14)17-13-23(16-5-10-26-11-6-16)8-3-9-24(17)19(25)15-4-2-7-20-12-15/h2,4,7,12,16-17H,3,5-6,8-11,13H2,1H3. The molecule has 8 heteroatoms. The first-order chi connectivity index (χ1) is 13.2. The van der Waals surface area contributed by atoms with Crippen LogP contribution in [0.1, 0.15) is 47.4 Å². The van der Waals surface area contributed by atoms with E-state index in [9.17, 15) is 4.79 Å². The fourth-order valence-corrected chi connectivity index (χ4v) is 3.95. The van der Waals surface area contributed by atoms with Crippen LogP contribution in [0, 0.1) is 6.92 Å². The lowest BCUT2D eigenvalue weighted by atomic mass is 10.1. The van der Waals surface area contributed by atoms with E-state index in [-0.39, 0.29) is 11.9 Å². The maximum atomic E-state index is 13.2. The maximum Gasteiger partial charge on any atom is 0.256 e. The lowest BCUT2D eigenvalue weighted by Gasteiger charge is -2.35. The van der Waals surface area contributed by atoms with E-state index in [1.54, 1.807) is 31.5 Å². The maximum absolute atomic E-state index is 13.2. The third-order valence-corrected chi connectivity index (χ3v) is 5.33. The van der Waals surface area contributed by atoms with Crippen molar-refractivity contribution in [2.24, 2.45) is 0 Å². The molecule has 8 nitrogen and oxygen atoms in total. The summed E-state index contributed by atoms with van der Waals surface area (Å²) in [6.45, 7) is 5.68. The fourth-order valence-electron chi connectivity index (χ4n) is 3.95. The smallest absolute Gasteiger partial charge is 0.256 e. The Labute approximate surface area is 158 Å². The average Bonchev–Trinajstić information content (AvgIpc) is 3.03. The molecule has 2 aromatic heterocycles. The number of aromatic nitrogens is 3. The van der Waals surface area contributed by atoms with E-state index in [2.05, 4.69) is 20.0 Å². The van der Waals surface area contributed by atoms with E-state index < -0.39 is 0 Å². The van der Waals surface area contributed by atoms with Crippen molar-refractivity contribution < 1.29 is 14.1 Å². The first-order valence-electron chi connectivity index (χ1n) is 9.55. The molecule has 4 rings (SSSR count). The second kappa shape index (κ2) is 8.14. The number of amides is 1. The third kappa shape index (κ3) is 4.01. The molecular formula is C19H25N5O3. The van der Waals surface area contributed by atoms with E-state index in [0.29, 0.717) is 36.4 Å². The molecule has 2 aliphatic heterocycles. The molecule has 2 aliphatic rings. The van der Waals surface area contributed by atoms with Crippen molar-refractivity contribution in [3.8, 4) is 0 Å². The van der Waals surface area contributed by atoms with Gasteiger partial charge in [0.15, 0.2) is 5.82 Å². The summed E-state index contributed by atoms with van der Waals surface area (Å²) in [5.74, 6) is 1.04. The molecule has 1 unspecified atom stereocenters. The Morgan fingerprint density at radius 1 is 1.26 bits per heavy atom. The highest BCUT2D eigenvalue weighted by molar-refractivity contribution is 5.94. The lowest BCUT2D eigenvalue weighted by molar-refractivity contribution is 0.0269. The van der Waals surface area contributed by atoms with Gasteiger partial charge < -0.3 is 14.2 Å². The summed E-state index contributed by atoms with van der Waals surface area (Å²) >= 11 is 0. The highest BCUT2D eigenvalue weighted by atomic mass is 16.5. The van der Waals surface area contributed by atoms with Gasteiger partial charge in [-0.3, -0.25) is 14.7 Å². The van der Waals surface area contributed by atoms with Crippen LogP contribution in [0.5, 0.6) is 0 Å². The van der Waals surface area contributed by atoms with Crippen molar-refractivity contribution in [3.63, 3.8) is 0 Å². The molecule has 27 heavy (non-hydrogen) atoms. The van der Waals surface area contributed by atoms with Crippen molar-refractivity contribution in [2.45, 2.75) is 38.3 Å². The zero-order valence-electron chi connectivity index (χ0n) is 15.6.